The van der Waals surface area contributed by atoms with Crippen LogP contribution >= 0.6 is 12.4 Å². The van der Waals surface area contributed by atoms with E-state index in [4.69, 9.17) is 4.74 Å². The molecule has 1 saturated heterocycles. The highest BCUT2D eigenvalue weighted by Gasteiger charge is 2.48. The first-order chi connectivity index (χ1) is 10.8. The maximum absolute atomic E-state index is 13.0. The molecule has 136 valence electrons. The number of benzene rings is 1. The molecule has 2 N–H and O–H groups in total. The third kappa shape index (κ3) is 4.81. The number of halogens is 2. The molecule has 0 spiro atoms. The van der Waals surface area contributed by atoms with Crippen molar-refractivity contribution in [3.05, 3.63) is 30.1 Å². The Morgan fingerprint density at radius 1 is 1.38 bits per heavy atom. The molecule has 0 aliphatic carbocycles. The highest BCUT2D eigenvalue weighted by Crippen LogP contribution is 2.27. The minimum absolute atomic E-state index is 0. The maximum Gasteiger partial charge on any atom is 0.241 e. The van der Waals surface area contributed by atoms with Gasteiger partial charge < -0.3 is 15.4 Å². The minimum atomic E-state index is -3.52. The van der Waals surface area contributed by atoms with E-state index in [0.717, 1.165) is 6.26 Å². The normalized spacial score (nSPS) is 16.8. The molecule has 9 heteroatoms. The largest absolute Gasteiger partial charge is 0.492 e. The van der Waals surface area contributed by atoms with E-state index in [-0.39, 0.29) is 38.4 Å². The number of piperidine rings is 1. The first kappa shape index (κ1) is 20.7. The second kappa shape index (κ2) is 8.64. The van der Waals surface area contributed by atoms with E-state index >= 15 is 0 Å². The summed E-state index contributed by atoms with van der Waals surface area (Å²) >= 11 is 0. The molecule has 0 aromatic heterocycles. The average molecular weight is 381 g/mol. The number of carbonyl (C=O) groups excluding carboxylic acids is 1. The van der Waals surface area contributed by atoms with Crippen molar-refractivity contribution in [1.82, 2.24) is 10.6 Å². The number of nitrogens with one attached hydrogen (secondary N) is 2. The van der Waals surface area contributed by atoms with E-state index in [9.17, 15) is 17.6 Å². The van der Waals surface area contributed by atoms with Crippen molar-refractivity contribution in [2.45, 2.75) is 17.6 Å². The topological polar surface area (TPSA) is 84.5 Å². The van der Waals surface area contributed by atoms with Crippen molar-refractivity contribution in [1.29, 1.82) is 0 Å². The van der Waals surface area contributed by atoms with Crippen molar-refractivity contribution in [2.75, 3.05) is 32.5 Å². The van der Waals surface area contributed by atoms with Crippen molar-refractivity contribution in [3.63, 3.8) is 0 Å². The van der Waals surface area contributed by atoms with Crippen LogP contribution in [-0.2, 0) is 14.6 Å². The third-order valence-corrected chi connectivity index (χ3v) is 6.00. The Morgan fingerprint density at radius 3 is 2.62 bits per heavy atom. The van der Waals surface area contributed by atoms with E-state index in [1.54, 1.807) is 6.07 Å². The van der Waals surface area contributed by atoms with Crippen LogP contribution < -0.4 is 15.4 Å². The van der Waals surface area contributed by atoms with Gasteiger partial charge in [-0.05, 0) is 38.1 Å². The van der Waals surface area contributed by atoms with Gasteiger partial charge in [-0.1, -0.05) is 6.07 Å². The fourth-order valence-electron chi connectivity index (χ4n) is 2.65. The first-order valence-corrected chi connectivity index (χ1v) is 9.31. The summed E-state index contributed by atoms with van der Waals surface area (Å²) in [7, 11) is -3.52. The molecule has 1 fully saturated rings. The molecular formula is C15H22ClFN2O4S. The standard InChI is InChI=1S/C15H21FN2O4S.ClH/c1-23(20,21)15(5-7-17-8-6-15)14(19)18-9-10-22-13-4-2-3-12(16)11-13;/h2-4,11,17H,5-10H2,1H3,(H,18,19);1H. The van der Waals surface area contributed by atoms with E-state index in [1.807, 2.05) is 0 Å². The highest BCUT2D eigenvalue weighted by molar-refractivity contribution is 7.92. The van der Waals surface area contributed by atoms with Crippen LogP contribution in [0.4, 0.5) is 4.39 Å². The fourth-order valence-corrected chi connectivity index (χ4v) is 4.00. The summed E-state index contributed by atoms with van der Waals surface area (Å²) in [5.41, 5.74) is 0. The van der Waals surface area contributed by atoms with E-state index in [1.165, 1.54) is 18.2 Å². The highest BCUT2D eigenvalue weighted by atomic mass is 35.5. The maximum atomic E-state index is 13.0. The molecule has 2 rings (SSSR count). The lowest BCUT2D eigenvalue weighted by atomic mass is 9.96. The van der Waals surface area contributed by atoms with Gasteiger partial charge in [-0.2, -0.15) is 0 Å². The van der Waals surface area contributed by atoms with Crippen LogP contribution in [0.25, 0.3) is 0 Å². The number of amides is 1. The van der Waals surface area contributed by atoms with Crippen LogP contribution in [0.5, 0.6) is 5.75 Å². The van der Waals surface area contributed by atoms with Crippen LogP contribution in [-0.4, -0.2) is 51.6 Å². The summed E-state index contributed by atoms with van der Waals surface area (Å²) in [6, 6.07) is 5.68. The molecule has 0 unspecified atom stereocenters. The summed E-state index contributed by atoms with van der Waals surface area (Å²) in [4.78, 5) is 12.4. The molecule has 1 aromatic carbocycles. The summed E-state index contributed by atoms with van der Waals surface area (Å²) in [5, 5.41) is 5.68. The van der Waals surface area contributed by atoms with Crippen molar-refractivity contribution < 1.29 is 22.3 Å². The van der Waals surface area contributed by atoms with E-state index in [2.05, 4.69) is 10.6 Å². The summed E-state index contributed by atoms with van der Waals surface area (Å²) in [6.45, 7) is 1.26. The van der Waals surface area contributed by atoms with E-state index < -0.39 is 26.3 Å². The quantitative estimate of drug-likeness (QED) is 0.716. The molecule has 6 nitrogen and oxygen atoms in total. The average Bonchev–Trinajstić information content (AvgIpc) is 2.51. The lowest BCUT2D eigenvalue weighted by Gasteiger charge is -2.34. The Balaban J connectivity index is 0.00000288. The van der Waals surface area contributed by atoms with Gasteiger partial charge in [-0.15, -0.1) is 12.4 Å². The van der Waals surface area contributed by atoms with Gasteiger partial charge in [0.2, 0.25) is 5.91 Å². The van der Waals surface area contributed by atoms with Crippen LogP contribution in [0.3, 0.4) is 0 Å². The van der Waals surface area contributed by atoms with Gasteiger partial charge >= 0.3 is 0 Å². The van der Waals surface area contributed by atoms with Gasteiger partial charge in [-0.3, -0.25) is 4.79 Å². The lowest BCUT2D eigenvalue weighted by Crippen LogP contribution is -2.57. The third-order valence-electron chi connectivity index (χ3n) is 3.99. The summed E-state index contributed by atoms with van der Waals surface area (Å²) < 4.78 is 41.1. The Labute approximate surface area is 147 Å². The number of hydrogen-bond donors (Lipinski definition) is 2. The van der Waals surface area contributed by atoms with Crippen molar-refractivity contribution >= 4 is 28.2 Å². The number of rotatable bonds is 6. The molecule has 0 atom stereocenters. The van der Waals surface area contributed by atoms with Crippen LogP contribution in [0, 0.1) is 5.82 Å². The molecule has 1 heterocycles. The van der Waals surface area contributed by atoms with Gasteiger partial charge in [0.05, 0.1) is 6.54 Å². The predicted molar refractivity (Wildman–Crippen MR) is 91.8 cm³/mol. The SMILES string of the molecule is CS(=O)(=O)C1(C(=O)NCCOc2cccc(F)c2)CCNCC1.Cl. The number of ether oxygens (including phenoxy) is 1. The second-order valence-electron chi connectivity index (χ2n) is 5.58. The number of carbonyl (C=O) groups is 1. The molecule has 1 aliphatic rings. The molecule has 0 saturated carbocycles. The monoisotopic (exact) mass is 380 g/mol. The zero-order chi connectivity index (χ0) is 16.9. The molecule has 1 aromatic rings. The van der Waals surface area contributed by atoms with E-state index in [0.29, 0.717) is 18.8 Å². The van der Waals surface area contributed by atoms with Gasteiger partial charge in [0.25, 0.3) is 0 Å². The van der Waals surface area contributed by atoms with Crippen LogP contribution in [0.2, 0.25) is 0 Å². The molecule has 0 bridgehead atoms. The Hall–Kier alpha value is -1.38. The molecular weight excluding hydrogens is 359 g/mol. The molecule has 1 aliphatic heterocycles. The molecule has 24 heavy (non-hydrogen) atoms. The Bertz CT molecular complexity index is 663. The zero-order valence-electron chi connectivity index (χ0n) is 13.4. The molecule has 0 radical (unpaired) electrons. The second-order valence-corrected chi connectivity index (χ2v) is 7.90. The van der Waals surface area contributed by atoms with Crippen molar-refractivity contribution in [3.8, 4) is 5.75 Å². The summed E-state index contributed by atoms with van der Waals surface area (Å²) in [6.07, 6.45) is 1.60. The van der Waals surface area contributed by atoms with Crippen molar-refractivity contribution in [2.24, 2.45) is 0 Å². The van der Waals surface area contributed by atoms with Gasteiger partial charge in [-0.25, -0.2) is 12.8 Å². The summed E-state index contributed by atoms with van der Waals surface area (Å²) in [5.74, 6) is -0.541. The fraction of sp³-hybridized carbons (Fsp3) is 0.533. The smallest absolute Gasteiger partial charge is 0.241 e. The first-order valence-electron chi connectivity index (χ1n) is 7.42. The van der Waals surface area contributed by atoms with Crippen LogP contribution in [0.15, 0.2) is 24.3 Å². The minimum Gasteiger partial charge on any atom is -0.492 e. The van der Waals surface area contributed by atoms with Gasteiger partial charge in [0.1, 0.15) is 18.2 Å². The predicted octanol–water partition coefficient (Wildman–Crippen LogP) is 0.909. The van der Waals surface area contributed by atoms with Gasteiger partial charge in [0.15, 0.2) is 14.6 Å². The Morgan fingerprint density at radius 2 is 2.04 bits per heavy atom. The lowest BCUT2D eigenvalue weighted by molar-refractivity contribution is -0.124. The molecule has 1 amide bonds. The number of hydrogen-bond acceptors (Lipinski definition) is 5. The van der Waals surface area contributed by atoms with Gasteiger partial charge in [0, 0.05) is 12.3 Å². The van der Waals surface area contributed by atoms with Crippen LogP contribution in [0.1, 0.15) is 12.8 Å². The zero-order valence-corrected chi connectivity index (χ0v) is 15.0. The Kier molecular flexibility index (Phi) is 7.44. The number of sulfone groups is 1.